The smallest absolute Gasteiger partial charge is 0.341 e. The van der Waals surface area contributed by atoms with Gasteiger partial charge in [0.25, 0.3) is 5.91 Å². The highest BCUT2D eigenvalue weighted by atomic mass is 127. The molecule has 1 aliphatic carbocycles. The van der Waals surface area contributed by atoms with E-state index in [0.717, 1.165) is 48.8 Å². The molecule has 0 saturated carbocycles. The van der Waals surface area contributed by atoms with Crippen LogP contribution in [0.3, 0.4) is 0 Å². The van der Waals surface area contributed by atoms with E-state index in [1.807, 2.05) is 48.5 Å². The van der Waals surface area contributed by atoms with Gasteiger partial charge in [-0.05, 0) is 107 Å². The van der Waals surface area contributed by atoms with Gasteiger partial charge >= 0.3 is 5.97 Å². The molecule has 0 radical (unpaired) electrons. The Morgan fingerprint density at radius 1 is 1.16 bits per heavy atom. The molecule has 1 heterocycles. The number of anilines is 1. The fourth-order valence-electron chi connectivity index (χ4n) is 4.12. The van der Waals surface area contributed by atoms with Gasteiger partial charge in [0.1, 0.15) is 29.0 Å². The molecule has 0 fully saturated rings. The van der Waals surface area contributed by atoms with Crippen LogP contribution in [0.5, 0.6) is 5.75 Å². The molecule has 3 aromatic rings. The average Bonchev–Trinajstić information content (AvgIpc) is 3.25. The summed E-state index contributed by atoms with van der Waals surface area (Å²) in [5.41, 5.74) is 2.94. The van der Waals surface area contributed by atoms with Gasteiger partial charge in [0.05, 0.1) is 15.7 Å². The second kappa shape index (κ2) is 12.9. The highest BCUT2D eigenvalue weighted by molar-refractivity contribution is 14.1. The Labute approximate surface area is 247 Å². The minimum absolute atomic E-state index is 0.0801. The largest absolute Gasteiger partial charge is 0.487 e. The lowest BCUT2D eigenvalue weighted by atomic mass is 9.95. The summed E-state index contributed by atoms with van der Waals surface area (Å²) in [4.78, 5) is 27.1. The zero-order chi connectivity index (χ0) is 26.4. The Morgan fingerprint density at radius 2 is 1.92 bits per heavy atom. The number of rotatable bonds is 8. The average molecular weight is 738 g/mol. The summed E-state index contributed by atoms with van der Waals surface area (Å²) in [6.07, 6.45) is 5.22. The van der Waals surface area contributed by atoms with Crippen LogP contribution in [-0.4, -0.2) is 18.5 Å². The van der Waals surface area contributed by atoms with Gasteiger partial charge in [0.15, 0.2) is 0 Å². The summed E-state index contributed by atoms with van der Waals surface area (Å²) in [5, 5.41) is 13.2. The highest BCUT2D eigenvalue weighted by Gasteiger charge is 2.28. The minimum Gasteiger partial charge on any atom is -0.487 e. The van der Waals surface area contributed by atoms with E-state index >= 15 is 0 Å². The van der Waals surface area contributed by atoms with Crippen molar-refractivity contribution in [1.29, 1.82) is 5.26 Å². The van der Waals surface area contributed by atoms with Crippen molar-refractivity contribution in [3.05, 3.63) is 82.3 Å². The monoisotopic (exact) mass is 738 g/mol. The van der Waals surface area contributed by atoms with E-state index in [9.17, 15) is 14.9 Å². The maximum absolute atomic E-state index is 13.3. The molecule has 0 unspecified atom stereocenters. The van der Waals surface area contributed by atoms with E-state index in [4.69, 9.17) is 9.47 Å². The Morgan fingerprint density at radius 3 is 2.65 bits per heavy atom. The predicted molar refractivity (Wildman–Crippen MR) is 162 cm³/mol. The van der Waals surface area contributed by atoms with Gasteiger partial charge in [0, 0.05) is 14.0 Å². The van der Waals surface area contributed by atoms with Gasteiger partial charge in [-0.25, -0.2) is 4.79 Å². The number of hydrogen-bond donors (Lipinski definition) is 1. The molecule has 0 aliphatic heterocycles. The van der Waals surface area contributed by atoms with Crippen molar-refractivity contribution in [2.75, 3.05) is 11.9 Å². The number of thiophene rings is 1. The normalized spacial score (nSPS) is 12.9. The first-order valence-electron chi connectivity index (χ1n) is 11.8. The number of carbonyl (C=O) groups excluding carboxylic acids is 2. The first kappa shape index (κ1) is 27.6. The van der Waals surface area contributed by atoms with Crippen LogP contribution in [0, 0.1) is 18.5 Å². The van der Waals surface area contributed by atoms with E-state index in [2.05, 4.69) is 50.5 Å². The first-order valence-corrected chi connectivity index (χ1v) is 14.8. The summed E-state index contributed by atoms with van der Waals surface area (Å²) < 4.78 is 13.2. The van der Waals surface area contributed by atoms with E-state index in [1.54, 1.807) is 6.92 Å². The van der Waals surface area contributed by atoms with Gasteiger partial charge in [-0.1, -0.05) is 30.3 Å². The van der Waals surface area contributed by atoms with Crippen molar-refractivity contribution in [3.63, 3.8) is 0 Å². The molecule has 6 nitrogen and oxygen atoms in total. The van der Waals surface area contributed by atoms with Crippen LogP contribution in [0.2, 0.25) is 0 Å². The number of aryl methyl sites for hydroxylation is 1. The van der Waals surface area contributed by atoms with Gasteiger partial charge < -0.3 is 14.8 Å². The highest BCUT2D eigenvalue weighted by Crippen LogP contribution is 2.39. The zero-order valence-electron chi connectivity index (χ0n) is 20.1. The van der Waals surface area contributed by atoms with E-state index in [1.165, 1.54) is 17.4 Å². The Hall–Kier alpha value is -2.43. The molecule has 0 atom stereocenters. The fraction of sp³-hybridized carbons (Fsp3) is 0.250. The molecule has 1 aliphatic rings. The van der Waals surface area contributed by atoms with Crippen molar-refractivity contribution in [1.82, 2.24) is 0 Å². The summed E-state index contributed by atoms with van der Waals surface area (Å²) in [7, 11) is 0. The SMILES string of the molecule is CCOC(=O)c1c(NC(=O)C(C#N)=Cc2cc(I)cc(I)c2OCc2ccccc2)sc2c1CCCC2. The van der Waals surface area contributed by atoms with Crippen LogP contribution < -0.4 is 10.1 Å². The minimum atomic E-state index is -0.575. The summed E-state index contributed by atoms with van der Waals surface area (Å²) in [6, 6.07) is 15.7. The first-order chi connectivity index (χ1) is 17.9. The number of esters is 1. The standard InChI is InChI=1S/C28H24I2N2O4S/c1-2-35-28(34)24-21-10-6-7-11-23(21)37-27(24)32-26(33)19(15-31)12-18-13-20(29)14-22(30)25(18)36-16-17-8-4-3-5-9-17/h3-5,8-9,12-14H,2,6-7,10-11,16H2,1H3,(H,32,33). The van der Waals surface area contributed by atoms with Crippen LogP contribution in [0.25, 0.3) is 6.08 Å². The van der Waals surface area contributed by atoms with Gasteiger partial charge in [0.2, 0.25) is 0 Å². The molecule has 4 rings (SSSR count). The Balaban J connectivity index is 1.64. The molecule has 0 saturated heterocycles. The zero-order valence-corrected chi connectivity index (χ0v) is 25.2. The van der Waals surface area contributed by atoms with E-state index < -0.39 is 11.9 Å². The molecule has 1 aromatic heterocycles. The second-order valence-corrected chi connectivity index (χ2v) is 11.9. The number of halogens is 2. The molecule has 1 N–H and O–H groups in total. The lowest BCUT2D eigenvalue weighted by Crippen LogP contribution is -2.16. The third-order valence-electron chi connectivity index (χ3n) is 5.81. The summed E-state index contributed by atoms with van der Waals surface area (Å²) >= 11 is 5.79. The molecule has 37 heavy (non-hydrogen) atoms. The number of carbonyl (C=O) groups is 2. The van der Waals surface area contributed by atoms with E-state index in [0.29, 0.717) is 28.5 Å². The van der Waals surface area contributed by atoms with Crippen molar-refractivity contribution < 1.29 is 19.1 Å². The number of nitrogens with one attached hydrogen (secondary N) is 1. The number of hydrogen-bond acceptors (Lipinski definition) is 6. The predicted octanol–water partition coefficient (Wildman–Crippen LogP) is 7.14. The molecule has 0 bridgehead atoms. The molecule has 2 aromatic carbocycles. The maximum Gasteiger partial charge on any atom is 0.341 e. The van der Waals surface area contributed by atoms with Gasteiger partial charge in [-0.2, -0.15) is 5.26 Å². The van der Waals surface area contributed by atoms with Crippen LogP contribution in [0.15, 0.2) is 48.0 Å². The molecular formula is C28H24I2N2O4S. The molecule has 0 spiro atoms. The molecule has 9 heteroatoms. The van der Waals surface area contributed by atoms with Crippen LogP contribution >= 0.6 is 56.5 Å². The lowest BCUT2D eigenvalue weighted by Gasteiger charge is -2.13. The lowest BCUT2D eigenvalue weighted by molar-refractivity contribution is -0.112. The van der Waals surface area contributed by atoms with Crippen LogP contribution in [-0.2, 0) is 29.0 Å². The molecule has 190 valence electrons. The van der Waals surface area contributed by atoms with Crippen LogP contribution in [0.1, 0.15) is 51.7 Å². The van der Waals surface area contributed by atoms with Crippen molar-refractivity contribution in [2.45, 2.75) is 39.2 Å². The topological polar surface area (TPSA) is 88.4 Å². The second-order valence-electron chi connectivity index (χ2n) is 8.34. The number of nitrogens with zero attached hydrogens (tertiary/aromatic N) is 1. The number of amides is 1. The fourth-order valence-corrected chi connectivity index (χ4v) is 7.43. The number of benzene rings is 2. The Bertz CT molecular complexity index is 1390. The van der Waals surface area contributed by atoms with Crippen molar-refractivity contribution in [2.24, 2.45) is 0 Å². The van der Waals surface area contributed by atoms with Crippen molar-refractivity contribution >= 4 is 79.5 Å². The molecule has 1 amide bonds. The third kappa shape index (κ3) is 6.72. The van der Waals surface area contributed by atoms with Crippen LogP contribution in [0.4, 0.5) is 5.00 Å². The Kier molecular flexibility index (Phi) is 9.61. The maximum atomic E-state index is 13.3. The third-order valence-corrected chi connectivity index (χ3v) is 8.44. The number of ether oxygens (including phenoxy) is 2. The summed E-state index contributed by atoms with van der Waals surface area (Å²) in [5.74, 6) is -0.415. The van der Waals surface area contributed by atoms with Crippen molar-refractivity contribution in [3.8, 4) is 11.8 Å². The van der Waals surface area contributed by atoms with Gasteiger partial charge in [-0.3, -0.25) is 4.79 Å². The quantitative estimate of drug-likeness (QED) is 0.115. The summed E-state index contributed by atoms with van der Waals surface area (Å²) in [6.45, 7) is 2.36. The number of fused-ring (bicyclic) bond motifs is 1. The number of nitriles is 1. The van der Waals surface area contributed by atoms with Gasteiger partial charge in [-0.15, -0.1) is 11.3 Å². The molecular weight excluding hydrogens is 714 g/mol. The van der Waals surface area contributed by atoms with E-state index in [-0.39, 0.29) is 12.2 Å².